The lowest BCUT2D eigenvalue weighted by Gasteiger charge is -2.36. The zero-order chi connectivity index (χ0) is 23.9. The quantitative estimate of drug-likeness (QED) is 0.541. The molecule has 2 amide bonds. The summed E-state index contributed by atoms with van der Waals surface area (Å²) in [6.07, 6.45) is 0. The van der Waals surface area contributed by atoms with Crippen LogP contribution in [0.3, 0.4) is 0 Å². The molecule has 0 aliphatic carbocycles. The molecule has 4 rings (SSSR count). The second kappa shape index (κ2) is 10.8. The van der Waals surface area contributed by atoms with Crippen molar-refractivity contribution in [3.63, 3.8) is 0 Å². The Bertz CT molecular complexity index is 1110. The van der Waals surface area contributed by atoms with Gasteiger partial charge in [-0.2, -0.15) is 0 Å². The van der Waals surface area contributed by atoms with E-state index in [2.05, 4.69) is 15.1 Å². The van der Waals surface area contributed by atoms with Crippen LogP contribution < -0.4 is 9.64 Å². The Balaban J connectivity index is 1.32. The van der Waals surface area contributed by atoms with E-state index in [1.807, 2.05) is 66.4 Å². The molecule has 2 heterocycles. The molecule has 0 saturated carbocycles. The molecule has 8 heteroatoms. The normalized spacial score (nSPS) is 13.5. The highest BCUT2D eigenvalue weighted by Gasteiger charge is 2.25. The SMILES string of the molecule is CCN(CC(=O)N1CCN(c2ccc(-c3cccc(OC)c3)nn2)CC1)C(=O)c1ccccc1. The van der Waals surface area contributed by atoms with Crippen LogP contribution >= 0.6 is 0 Å². The minimum atomic E-state index is -0.124. The minimum absolute atomic E-state index is 0.0368. The number of carbonyl (C=O) groups excluding carboxylic acids is 2. The topological polar surface area (TPSA) is 78.9 Å². The van der Waals surface area contributed by atoms with Gasteiger partial charge in [-0.25, -0.2) is 0 Å². The third-order valence-corrected chi connectivity index (χ3v) is 5.99. The number of piperazine rings is 1. The molecule has 1 fully saturated rings. The van der Waals surface area contributed by atoms with Crippen molar-refractivity contribution in [1.29, 1.82) is 0 Å². The van der Waals surface area contributed by atoms with Crippen molar-refractivity contribution in [3.8, 4) is 17.0 Å². The zero-order valence-electron chi connectivity index (χ0n) is 19.6. The monoisotopic (exact) mass is 459 g/mol. The number of anilines is 1. The molecule has 8 nitrogen and oxygen atoms in total. The Morgan fingerprint density at radius 3 is 2.35 bits per heavy atom. The molecule has 0 unspecified atom stereocenters. The maximum absolute atomic E-state index is 12.9. The largest absolute Gasteiger partial charge is 0.497 e. The van der Waals surface area contributed by atoms with Crippen molar-refractivity contribution in [2.45, 2.75) is 6.92 Å². The van der Waals surface area contributed by atoms with E-state index in [1.165, 1.54) is 0 Å². The summed E-state index contributed by atoms with van der Waals surface area (Å²) in [6, 6.07) is 20.7. The lowest BCUT2D eigenvalue weighted by atomic mass is 10.1. The lowest BCUT2D eigenvalue weighted by molar-refractivity contribution is -0.132. The number of amides is 2. The highest BCUT2D eigenvalue weighted by Crippen LogP contribution is 2.23. The molecule has 1 aliphatic heterocycles. The summed E-state index contributed by atoms with van der Waals surface area (Å²) >= 11 is 0. The first-order valence-electron chi connectivity index (χ1n) is 11.4. The van der Waals surface area contributed by atoms with E-state index < -0.39 is 0 Å². The summed E-state index contributed by atoms with van der Waals surface area (Å²) in [5, 5.41) is 8.78. The van der Waals surface area contributed by atoms with Gasteiger partial charge in [-0.1, -0.05) is 30.3 Å². The van der Waals surface area contributed by atoms with Gasteiger partial charge in [0, 0.05) is 43.9 Å². The molecular formula is C26H29N5O3. The molecule has 0 bridgehead atoms. The van der Waals surface area contributed by atoms with Crippen molar-refractivity contribution >= 4 is 17.6 Å². The number of rotatable bonds is 7. The van der Waals surface area contributed by atoms with Crippen LogP contribution in [0.4, 0.5) is 5.82 Å². The van der Waals surface area contributed by atoms with Crippen molar-refractivity contribution in [3.05, 3.63) is 72.3 Å². The van der Waals surface area contributed by atoms with E-state index in [-0.39, 0.29) is 18.4 Å². The number of nitrogens with zero attached hydrogens (tertiary/aromatic N) is 5. The Kier molecular flexibility index (Phi) is 7.37. The van der Waals surface area contributed by atoms with Crippen LogP contribution in [0.5, 0.6) is 5.75 Å². The van der Waals surface area contributed by atoms with Crippen molar-refractivity contribution < 1.29 is 14.3 Å². The molecular weight excluding hydrogens is 430 g/mol. The number of carbonyl (C=O) groups is 2. The predicted octanol–water partition coefficient (Wildman–Crippen LogP) is 2.96. The van der Waals surface area contributed by atoms with Crippen LogP contribution in [0, 0.1) is 0 Å². The van der Waals surface area contributed by atoms with Gasteiger partial charge in [0.2, 0.25) is 5.91 Å². The van der Waals surface area contributed by atoms with Crippen LogP contribution in [-0.4, -0.2) is 78.2 Å². The van der Waals surface area contributed by atoms with Crippen molar-refractivity contribution in [2.75, 3.05) is 51.3 Å². The maximum Gasteiger partial charge on any atom is 0.254 e. The fraction of sp³-hybridized carbons (Fsp3) is 0.308. The van der Waals surface area contributed by atoms with Crippen molar-refractivity contribution in [2.24, 2.45) is 0 Å². The Morgan fingerprint density at radius 2 is 1.71 bits per heavy atom. The highest BCUT2D eigenvalue weighted by atomic mass is 16.5. The highest BCUT2D eigenvalue weighted by molar-refractivity contribution is 5.96. The summed E-state index contributed by atoms with van der Waals surface area (Å²) in [7, 11) is 1.64. The van der Waals surface area contributed by atoms with Crippen LogP contribution in [0.2, 0.25) is 0 Å². The number of ether oxygens (including phenoxy) is 1. The number of benzene rings is 2. The summed E-state index contributed by atoms with van der Waals surface area (Å²) in [5.74, 6) is 1.40. The minimum Gasteiger partial charge on any atom is -0.497 e. The molecule has 0 N–H and O–H groups in total. The molecule has 34 heavy (non-hydrogen) atoms. The van der Waals surface area contributed by atoms with Gasteiger partial charge in [0.15, 0.2) is 5.82 Å². The van der Waals surface area contributed by atoms with E-state index in [1.54, 1.807) is 24.1 Å². The van der Waals surface area contributed by atoms with Gasteiger partial charge < -0.3 is 19.4 Å². The van der Waals surface area contributed by atoms with E-state index >= 15 is 0 Å². The average molecular weight is 460 g/mol. The fourth-order valence-electron chi connectivity index (χ4n) is 3.97. The van der Waals surface area contributed by atoms with Crippen molar-refractivity contribution in [1.82, 2.24) is 20.0 Å². The number of methoxy groups -OCH3 is 1. The molecule has 1 saturated heterocycles. The van der Waals surface area contributed by atoms with E-state index in [9.17, 15) is 9.59 Å². The number of hydrogen-bond acceptors (Lipinski definition) is 6. The summed E-state index contributed by atoms with van der Waals surface area (Å²) in [4.78, 5) is 31.1. The Morgan fingerprint density at radius 1 is 0.941 bits per heavy atom. The summed E-state index contributed by atoms with van der Waals surface area (Å²) in [5.41, 5.74) is 2.32. The van der Waals surface area contributed by atoms with Crippen LogP contribution in [0.1, 0.15) is 17.3 Å². The van der Waals surface area contributed by atoms with Crippen LogP contribution in [0.15, 0.2) is 66.7 Å². The van der Waals surface area contributed by atoms with Gasteiger partial charge in [-0.15, -0.1) is 10.2 Å². The molecule has 2 aromatic carbocycles. The molecule has 3 aromatic rings. The van der Waals surface area contributed by atoms with Gasteiger partial charge in [0.05, 0.1) is 12.8 Å². The van der Waals surface area contributed by atoms with Gasteiger partial charge in [-0.05, 0) is 43.3 Å². The van der Waals surface area contributed by atoms with Gasteiger partial charge in [0.25, 0.3) is 5.91 Å². The van der Waals surface area contributed by atoms with Gasteiger partial charge in [-0.3, -0.25) is 9.59 Å². The number of aromatic nitrogens is 2. The molecule has 0 atom stereocenters. The Hall–Kier alpha value is -3.94. The third-order valence-electron chi connectivity index (χ3n) is 5.99. The van der Waals surface area contributed by atoms with Gasteiger partial charge >= 0.3 is 0 Å². The zero-order valence-corrected chi connectivity index (χ0v) is 19.6. The first-order valence-corrected chi connectivity index (χ1v) is 11.4. The standard InChI is InChI=1S/C26H29N5O3/c1-3-29(26(33)20-8-5-4-6-9-20)19-25(32)31-16-14-30(15-17-31)24-13-12-23(27-28-24)21-10-7-11-22(18-21)34-2/h4-13,18H,3,14-17,19H2,1-2H3. The predicted molar refractivity (Wildman–Crippen MR) is 131 cm³/mol. The molecule has 0 spiro atoms. The first kappa shape index (κ1) is 23.2. The van der Waals surface area contributed by atoms with E-state index in [0.29, 0.717) is 38.3 Å². The maximum atomic E-state index is 12.9. The third kappa shape index (κ3) is 5.33. The fourth-order valence-corrected chi connectivity index (χ4v) is 3.97. The van der Waals surface area contributed by atoms with Gasteiger partial charge in [0.1, 0.15) is 12.3 Å². The second-order valence-electron chi connectivity index (χ2n) is 8.06. The van der Waals surface area contributed by atoms with Crippen LogP contribution in [0.25, 0.3) is 11.3 Å². The second-order valence-corrected chi connectivity index (χ2v) is 8.06. The number of hydrogen-bond donors (Lipinski definition) is 0. The molecule has 0 radical (unpaired) electrons. The number of likely N-dealkylation sites (N-methyl/N-ethyl adjacent to an activating group) is 1. The smallest absolute Gasteiger partial charge is 0.254 e. The van der Waals surface area contributed by atoms with E-state index in [0.717, 1.165) is 22.8 Å². The van der Waals surface area contributed by atoms with E-state index in [4.69, 9.17) is 4.74 Å². The summed E-state index contributed by atoms with van der Waals surface area (Å²) < 4.78 is 5.28. The first-order chi connectivity index (χ1) is 16.6. The van der Waals surface area contributed by atoms with Crippen LogP contribution in [-0.2, 0) is 4.79 Å². The molecule has 176 valence electrons. The average Bonchev–Trinajstić information content (AvgIpc) is 2.92. The lowest BCUT2D eigenvalue weighted by Crippen LogP contribution is -2.52. The summed E-state index contributed by atoms with van der Waals surface area (Å²) in [6.45, 7) is 4.94. The molecule has 1 aromatic heterocycles. The Labute approximate surface area is 199 Å². The molecule has 1 aliphatic rings.